The van der Waals surface area contributed by atoms with Gasteiger partial charge in [-0.15, -0.1) is 0 Å². The Morgan fingerprint density at radius 2 is 2.06 bits per heavy atom. The van der Waals surface area contributed by atoms with E-state index in [2.05, 4.69) is 32.6 Å². The Morgan fingerprint density at radius 1 is 1.44 bits per heavy atom. The minimum Gasteiger partial charge on any atom is -0.480 e. The Morgan fingerprint density at radius 3 is 2.56 bits per heavy atom. The fraction of sp³-hybridized carbons (Fsp3) is 0.923. The van der Waals surface area contributed by atoms with Gasteiger partial charge in [0, 0.05) is 0 Å². The molecule has 1 aliphatic heterocycles. The number of carboxylic acid groups (broad SMARTS) is 1. The molecule has 1 heterocycles. The summed E-state index contributed by atoms with van der Waals surface area (Å²) in [6, 6.07) is -0.268. The molecule has 16 heavy (non-hydrogen) atoms. The van der Waals surface area contributed by atoms with E-state index >= 15 is 0 Å². The standard InChI is InChI=1S/C13H25NO2/c1-10-6-5-8-14(11(10)12(15)16)9-7-13(2,3)4/h10-11H,5-9H2,1-4H3,(H,15,16). The zero-order chi connectivity index (χ0) is 12.3. The van der Waals surface area contributed by atoms with Gasteiger partial charge in [0.2, 0.25) is 0 Å². The minimum atomic E-state index is -0.652. The van der Waals surface area contributed by atoms with Crippen LogP contribution in [0, 0.1) is 11.3 Å². The Kier molecular flexibility index (Phi) is 4.36. The van der Waals surface area contributed by atoms with E-state index in [9.17, 15) is 9.90 Å². The zero-order valence-electron chi connectivity index (χ0n) is 11.0. The van der Waals surface area contributed by atoms with Gasteiger partial charge >= 0.3 is 5.97 Å². The number of rotatable bonds is 3. The summed E-state index contributed by atoms with van der Waals surface area (Å²) in [4.78, 5) is 13.4. The molecule has 94 valence electrons. The molecule has 1 saturated heterocycles. The Balaban J connectivity index is 2.58. The Hall–Kier alpha value is -0.570. The van der Waals surface area contributed by atoms with E-state index in [4.69, 9.17) is 0 Å². The Labute approximate surface area is 98.8 Å². The van der Waals surface area contributed by atoms with E-state index in [1.807, 2.05) is 0 Å². The summed E-state index contributed by atoms with van der Waals surface area (Å²) in [5.74, 6) is -0.368. The monoisotopic (exact) mass is 227 g/mol. The third-order valence-electron chi connectivity index (χ3n) is 3.44. The van der Waals surface area contributed by atoms with E-state index in [0.717, 1.165) is 32.4 Å². The minimum absolute atomic E-state index is 0.268. The SMILES string of the molecule is CC1CCCN(CCC(C)(C)C)C1C(=O)O. The molecule has 0 saturated carbocycles. The number of carbonyl (C=O) groups is 1. The van der Waals surface area contributed by atoms with Crippen molar-refractivity contribution in [2.24, 2.45) is 11.3 Å². The average Bonchev–Trinajstić information content (AvgIpc) is 2.12. The largest absolute Gasteiger partial charge is 0.480 e. The van der Waals surface area contributed by atoms with Crippen LogP contribution < -0.4 is 0 Å². The Bertz CT molecular complexity index is 245. The first-order valence-corrected chi connectivity index (χ1v) is 6.28. The van der Waals surface area contributed by atoms with Crippen LogP contribution in [0.25, 0.3) is 0 Å². The van der Waals surface area contributed by atoms with Gasteiger partial charge in [-0.05, 0) is 43.7 Å². The quantitative estimate of drug-likeness (QED) is 0.805. The molecule has 0 aromatic rings. The molecule has 3 heteroatoms. The topological polar surface area (TPSA) is 40.5 Å². The van der Waals surface area contributed by atoms with Gasteiger partial charge in [-0.3, -0.25) is 9.69 Å². The predicted molar refractivity (Wildman–Crippen MR) is 65.5 cm³/mol. The molecule has 0 spiro atoms. The van der Waals surface area contributed by atoms with Crippen molar-refractivity contribution in [3.8, 4) is 0 Å². The van der Waals surface area contributed by atoms with E-state index in [0.29, 0.717) is 0 Å². The van der Waals surface area contributed by atoms with Gasteiger partial charge in [0.25, 0.3) is 0 Å². The second-order valence-corrected chi connectivity index (χ2v) is 6.25. The zero-order valence-corrected chi connectivity index (χ0v) is 11.0. The van der Waals surface area contributed by atoms with Crippen LogP contribution >= 0.6 is 0 Å². The van der Waals surface area contributed by atoms with Gasteiger partial charge in [0.05, 0.1) is 0 Å². The molecule has 0 amide bonds. The van der Waals surface area contributed by atoms with Crippen LogP contribution in [0.5, 0.6) is 0 Å². The number of hydrogen-bond donors (Lipinski definition) is 1. The number of piperidine rings is 1. The van der Waals surface area contributed by atoms with Crippen molar-refractivity contribution in [3.63, 3.8) is 0 Å². The van der Waals surface area contributed by atoms with E-state index in [1.54, 1.807) is 0 Å². The number of hydrogen-bond acceptors (Lipinski definition) is 2. The van der Waals surface area contributed by atoms with Crippen molar-refractivity contribution in [3.05, 3.63) is 0 Å². The molecular formula is C13H25NO2. The maximum atomic E-state index is 11.3. The summed E-state index contributed by atoms with van der Waals surface area (Å²) in [5, 5.41) is 9.27. The molecule has 0 aliphatic carbocycles. The first kappa shape index (κ1) is 13.5. The van der Waals surface area contributed by atoms with Crippen LogP contribution in [0.15, 0.2) is 0 Å². The molecular weight excluding hydrogens is 202 g/mol. The van der Waals surface area contributed by atoms with E-state index in [1.165, 1.54) is 0 Å². The van der Waals surface area contributed by atoms with Gasteiger partial charge < -0.3 is 5.11 Å². The van der Waals surface area contributed by atoms with Crippen molar-refractivity contribution in [2.45, 2.75) is 53.0 Å². The maximum Gasteiger partial charge on any atom is 0.321 e. The molecule has 2 unspecified atom stereocenters. The van der Waals surface area contributed by atoms with Crippen LogP contribution in [-0.2, 0) is 4.79 Å². The van der Waals surface area contributed by atoms with Crippen LogP contribution in [0.3, 0.4) is 0 Å². The van der Waals surface area contributed by atoms with Crippen LogP contribution in [0.2, 0.25) is 0 Å². The molecule has 3 nitrogen and oxygen atoms in total. The van der Waals surface area contributed by atoms with Crippen molar-refractivity contribution < 1.29 is 9.90 Å². The second kappa shape index (κ2) is 5.17. The fourth-order valence-electron chi connectivity index (χ4n) is 2.40. The highest BCUT2D eigenvalue weighted by molar-refractivity contribution is 5.74. The lowest BCUT2D eigenvalue weighted by molar-refractivity contribution is -0.147. The van der Waals surface area contributed by atoms with Crippen LogP contribution in [-0.4, -0.2) is 35.1 Å². The molecule has 1 N–H and O–H groups in total. The lowest BCUT2D eigenvalue weighted by Crippen LogP contribution is -2.49. The molecule has 2 atom stereocenters. The number of aliphatic carboxylic acids is 1. The smallest absolute Gasteiger partial charge is 0.321 e. The van der Waals surface area contributed by atoms with Gasteiger partial charge in [0.1, 0.15) is 6.04 Å². The summed E-state index contributed by atoms with van der Waals surface area (Å²) < 4.78 is 0. The van der Waals surface area contributed by atoms with E-state index < -0.39 is 5.97 Å². The number of likely N-dealkylation sites (tertiary alicyclic amines) is 1. The lowest BCUT2D eigenvalue weighted by Gasteiger charge is -2.38. The molecule has 0 aromatic carbocycles. The molecule has 0 bridgehead atoms. The normalized spacial score (nSPS) is 28.0. The predicted octanol–water partition coefficient (Wildman–Crippen LogP) is 2.61. The molecule has 0 aromatic heterocycles. The first-order chi connectivity index (χ1) is 7.31. The van der Waals surface area contributed by atoms with Crippen molar-refractivity contribution in [1.82, 2.24) is 4.90 Å². The highest BCUT2D eigenvalue weighted by atomic mass is 16.4. The third-order valence-corrected chi connectivity index (χ3v) is 3.44. The summed E-state index contributed by atoms with van der Waals surface area (Å²) in [7, 11) is 0. The van der Waals surface area contributed by atoms with Gasteiger partial charge in [-0.2, -0.15) is 0 Å². The lowest BCUT2D eigenvalue weighted by atomic mass is 9.88. The van der Waals surface area contributed by atoms with Gasteiger partial charge in [0.15, 0.2) is 0 Å². The number of nitrogens with zero attached hydrogens (tertiary/aromatic N) is 1. The molecule has 1 aliphatic rings. The summed E-state index contributed by atoms with van der Waals surface area (Å²) >= 11 is 0. The highest BCUT2D eigenvalue weighted by Crippen LogP contribution is 2.26. The van der Waals surface area contributed by atoms with Crippen LogP contribution in [0.1, 0.15) is 47.0 Å². The van der Waals surface area contributed by atoms with Crippen molar-refractivity contribution in [2.75, 3.05) is 13.1 Å². The van der Waals surface area contributed by atoms with Crippen LogP contribution in [0.4, 0.5) is 0 Å². The van der Waals surface area contributed by atoms with E-state index in [-0.39, 0.29) is 17.4 Å². The fourth-order valence-corrected chi connectivity index (χ4v) is 2.40. The first-order valence-electron chi connectivity index (χ1n) is 6.28. The number of carboxylic acids is 1. The summed E-state index contributed by atoms with van der Waals surface area (Å²) in [6.07, 6.45) is 3.24. The molecule has 0 radical (unpaired) electrons. The van der Waals surface area contributed by atoms with Gasteiger partial charge in [-0.1, -0.05) is 27.7 Å². The van der Waals surface area contributed by atoms with Crippen molar-refractivity contribution >= 4 is 5.97 Å². The third kappa shape index (κ3) is 3.78. The summed E-state index contributed by atoms with van der Waals surface area (Å²) in [6.45, 7) is 10.5. The summed E-state index contributed by atoms with van der Waals surface area (Å²) in [5.41, 5.74) is 0.281. The highest BCUT2D eigenvalue weighted by Gasteiger charge is 2.34. The van der Waals surface area contributed by atoms with Gasteiger partial charge in [-0.25, -0.2) is 0 Å². The average molecular weight is 227 g/mol. The molecule has 1 fully saturated rings. The van der Waals surface area contributed by atoms with Crippen molar-refractivity contribution in [1.29, 1.82) is 0 Å². The molecule has 1 rings (SSSR count). The second-order valence-electron chi connectivity index (χ2n) is 6.25. The maximum absolute atomic E-state index is 11.3.